The van der Waals surface area contributed by atoms with Crippen molar-refractivity contribution in [3.8, 4) is 0 Å². The van der Waals surface area contributed by atoms with Gasteiger partial charge in [0, 0.05) is 12.5 Å². The first-order valence-corrected chi connectivity index (χ1v) is 6.35. The highest BCUT2D eigenvalue weighted by atomic mass is 15.3. The molecule has 0 spiro atoms. The lowest BCUT2D eigenvalue weighted by molar-refractivity contribution is 0.481. The van der Waals surface area contributed by atoms with Gasteiger partial charge in [0.1, 0.15) is 11.6 Å². The number of rotatable bonds is 4. The fourth-order valence-corrected chi connectivity index (χ4v) is 2.71. The topological polar surface area (TPSA) is 56.7 Å². The lowest BCUT2D eigenvalue weighted by Crippen LogP contribution is -2.15. The average molecular weight is 222 g/mol. The molecule has 4 heteroatoms. The van der Waals surface area contributed by atoms with Crippen LogP contribution in [0.25, 0.3) is 0 Å². The van der Waals surface area contributed by atoms with E-state index in [4.69, 9.17) is 5.73 Å². The predicted octanol–water partition coefficient (Wildman–Crippen LogP) is 2.05. The minimum absolute atomic E-state index is 0.407. The highest BCUT2D eigenvalue weighted by molar-refractivity contribution is 4.99. The summed E-state index contributed by atoms with van der Waals surface area (Å²) in [4.78, 5) is 0. The Hall–Kier alpha value is -0.900. The zero-order valence-electron chi connectivity index (χ0n) is 10.3. The Morgan fingerprint density at radius 2 is 1.88 bits per heavy atom. The second-order valence-electron chi connectivity index (χ2n) is 5.05. The van der Waals surface area contributed by atoms with E-state index in [-0.39, 0.29) is 0 Å². The fourth-order valence-electron chi connectivity index (χ4n) is 2.71. The maximum atomic E-state index is 5.69. The van der Waals surface area contributed by atoms with Crippen molar-refractivity contribution in [3.05, 3.63) is 11.6 Å². The molecule has 90 valence electrons. The zero-order chi connectivity index (χ0) is 11.5. The van der Waals surface area contributed by atoms with Crippen LogP contribution in [0.15, 0.2) is 0 Å². The third-order valence-corrected chi connectivity index (χ3v) is 3.48. The van der Waals surface area contributed by atoms with Crippen LogP contribution in [-0.4, -0.2) is 14.8 Å². The first-order chi connectivity index (χ1) is 7.72. The Balaban J connectivity index is 2.15. The third kappa shape index (κ3) is 2.26. The molecule has 0 saturated heterocycles. The molecule has 0 bridgehead atoms. The van der Waals surface area contributed by atoms with E-state index in [9.17, 15) is 0 Å². The van der Waals surface area contributed by atoms with Gasteiger partial charge in [-0.1, -0.05) is 25.7 Å². The molecule has 16 heavy (non-hydrogen) atoms. The van der Waals surface area contributed by atoms with E-state index >= 15 is 0 Å². The average Bonchev–Trinajstić information content (AvgIpc) is 2.87. The van der Waals surface area contributed by atoms with Crippen molar-refractivity contribution in [3.63, 3.8) is 0 Å². The number of nitrogens with zero attached hydrogens (tertiary/aromatic N) is 3. The van der Waals surface area contributed by atoms with Gasteiger partial charge >= 0.3 is 0 Å². The van der Waals surface area contributed by atoms with E-state index in [1.165, 1.54) is 25.7 Å². The molecule has 0 radical (unpaired) electrons. The van der Waals surface area contributed by atoms with Gasteiger partial charge in [0.05, 0.1) is 6.54 Å². The summed E-state index contributed by atoms with van der Waals surface area (Å²) in [6, 6.07) is 0.407. The minimum atomic E-state index is 0.407. The van der Waals surface area contributed by atoms with Crippen LogP contribution in [0.5, 0.6) is 0 Å². The van der Waals surface area contributed by atoms with Crippen LogP contribution in [0.4, 0.5) is 0 Å². The summed E-state index contributed by atoms with van der Waals surface area (Å²) in [5.74, 6) is 2.86. The van der Waals surface area contributed by atoms with Crippen LogP contribution in [0, 0.1) is 5.92 Å². The minimum Gasteiger partial charge on any atom is -0.324 e. The molecule has 0 aromatic carbocycles. The maximum Gasteiger partial charge on any atom is 0.147 e. The zero-order valence-corrected chi connectivity index (χ0v) is 10.3. The van der Waals surface area contributed by atoms with Gasteiger partial charge in [-0.15, -0.1) is 10.2 Å². The molecule has 2 N–H and O–H groups in total. The molecule has 0 atom stereocenters. The summed E-state index contributed by atoms with van der Waals surface area (Å²) in [7, 11) is 0. The van der Waals surface area contributed by atoms with Crippen molar-refractivity contribution in [1.29, 1.82) is 0 Å². The molecule has 1 aliphatic carbocycles. The summed E-state index contributed by atoms with van der Waals surface area (Å²) in [5.41, 5.74) is 5.69. The van der Waals surface area contributed by atoms with Crippen LogP contribution >= 0.6 is 0 Å². The Labute approximate surface area is 97.2 Å². The predicted molar refractivity (Wildman–Crippen MR) is 64.0 cm³/mol. The molecule has 0 unspecified atom stereocenters. The second-order valence-corrected chi connectivity index (χ2v) is 5.05. The molecular weight excluding hydrogens is 200 g/mol. The first kappa shape index (κ1) is 11.6. The number of hydrogen-bond acceptors (Lipinski definition) is 3. The fraction of sp³-hybridized carbons (Fsp3) is 0.833. The SMILES string of the molecule is CC(C)n1c(CN)nnc1CC1CCCC1. The molecule has 1 heterocycles. The Morgan fingerprint density at radius 3 is 2.44 bits per heavy atom. The highest BCUT2D eigenvalue weighted by Gasteiger charge is 2.20. The van der Waals surface area contributed by atoms with E-state index in [1.807, 2.05) is 0 Å². The quantitative estimate of drug-likeness (QED) is 0.848. The van der Waals surface area contributed by atoms with E-state index in [1.54, 1.807) is 0 Å². The van der Waals surface area contributed by atoms with Gasteiger partial charge in [0.25, 0.3) is 0 Å². The normalized spacial score (nSPS) is 17.5. The van der Waals surface area contributed by atoms with E-state index in [0.29, 0.717) is 12.6 Å². The van der Waals surface area contributed by atoms with Crippen LogP contribution in [0.2, 0.25) is 0 Å². The largest absolute Gasteiger partial charge is 0.324 e. The van der Waals surface area contributed by atoms with Crippen LogP contribution in [0.1, 0.15) is 57.2 Å². The first-order valence-electron chi connectivity index (χ1n) is 6.35. The van der Waals surface area contributed by atoms with Crippen molar-refractivity contribution in [1.82, 2.24) is 14.8 Å². The summed E-state index contributed by atoms with van der Waals surface area (Å²) < 4.78 is 2.21. The molecule has 2 rings (SSSR count). The van der Waals surface area contributed by atoms with Crippen molar-refractivity contribution < 1.29 is 0 Å². The number of hydrogen-bond donors (Lipinski definition) is 1. The monoisotopic (exact) mass is 222 g/mol. The highest BCUT2D eigenvalue weighted by Crippen LogP contribution is 2.28. The summed E-state index contributed by atoms with van der Waals surface area (Å²) in [5, 5.41) is 8.49. The molecule has 4 nitrogen and oxygen atoms in total. The standard InChI is InChI=1S/C12H22N4/c1-9(2)16-11(14-15-12(16)8-13)7-10-5-3-4-6-10/h9-10H,3-8,13H2,1-2H3. The lowest BCUT2D eigenvalue weighted by Gasteiger charge is -2.15. The van der Waals surface area contributed by atoms with Gasteiger partial charge in [-0.25, -0.2) is 0 Å². The summed E-state index contributed by atoms with van der Waals surface area (Å²) in [6.07, 6.45) is 6.53. The van der Waals surface area contributed by atoms with Crippen molar-refractivity contribution in [2.24, 2.45) is 11.7 Å². The molecule has 1 fully saturated rings. The van der Waals surface area contributed by atoms with E-state index in [2.05, 4.69) is 28.6 Å². The van der Waals surface area contributed by atoms with E-state index in [0.717, 1.165) is 24.0 Å². The number of nitrogens with two attached hydrogens (primary N) is 1. The van der Waals surface area contributed by atoms with Gasteiger partial charge in [-0.05, 0) is 19.8 Å². The Kier molecular flexibility index (Phi) is 3.59. The molecule has 1 aliphatic rings. The van der Waals surface area contributed by atoms with Gasteiger partial charge < -0.3 is 10.3 Å². The van der Waals surface area contributed by atoms with Gasteiger partial charge in [0.2, 0.25) is 0 Å². The van der Waals surface area contributed by atoms with Crippen LogP contribution in [0.3, 0.4) is 0 Å². The Morgan fingerprint density at radius 1 is 1.25 bits per heavy atom. The number of aromatic nitrogens is 3. The summed E-state index contributed by atoms with van der Waals surface area (Å²) in [6.45, 7) is 4.82. The molecular formula is C12H22N4. The van der Waals surface area contributed by atoms with Gasteiger partial charge in [-0.2, -0.15) is 0 Å². The van der Waals surface area contributed by atoms with Crippen LogP contribution in [-0.2, 0) is 13.0 Å². The van der Waals surface area contributed by atoms with Gasteiger partial charge in [-0.3, -0.25) is 0 Å². The molecule has 0 aliphatic heterocycles. The van der Waals surface area contributed by atoms with Gasteiger partial charge in [0.15, 0.2) is 0 Å². The summed E-state index contributed by atoms with van der Waals surface area (Å²) >= 11 is 0. The maximum absolute atomic E-state index is 5.69. The lowest BCUT2D eigenvalue weighted by atomic mass is 10.0. The molecule has 1 aromatic rings. The molecule has 1 saturated carbocycles. The molecule has 0 amide bonds. The second kappa shape index (κ2) is 4.95. The van der Waals surface area contributed by atoms with E-state index < -0.39 is 0 Å². The smallest absolute Gasteiger partial charge is 0.147 e. The molecule has 1 aromatic heterocycles. The van der Waals surface area contributed by atoms with Crippen molar-refractivity contribution >= 4 is 0 Å². The van der Waals surface area contributed by atoms with Crippen molar-refractivity contribution in [2.75, 3.05) is 0 Å². The Bertz CT molecular complexity index is 337. The third-order valence-electron chi connectivity index (χ3n) is 3.48. The van der Waals surface area contributed by atoms with Crippen molar-refractivity contribution in [2.45, 2.75) is 58.5 Å². The van der Waals surface area contributed by atoms with Crippen LogP contribution < -0.4 is 5.73 Å².